The lowest BCUT2D eigenvalue weighted by molar-refractivity contribution is -0.120. The summed E-state index contributed by atoms with van der Waals surface area (Å²) in [6.07, 6.45) is 2.10. The molecule has 0 aliphatic heterocycles. The smallest absolute Gasteiger partial charge is 0.233 e. The maximum absolute atomic E-state index is 13.0. The van der Waals surface area contributed by atoms with Gasteiger partial charge in [0.05, 0.1) is 10.3 Å². The lowest BCUT2D eigenvalue weighted by atomic mass is 10.2. The van der Waals surface area contributed by atoms with Crippen LogP contribution in [-0.4, -0.2) is 25.9 Å². The molecule has 9 heteroatoms. The molecule has 0 spiro atoms. The molecule has 0 saturated heterocycles. The molecule has 4 rings (SSSR count). The molecule has 1 unspecified atom stereocenters. The number of amides is 1. The molecule has 1 aliphatic rings. The van der Waals surface area contributed by atoms with Crippen LogP contribution in [0.1, 0.15) is 37.2 Å². The van der Waals surface area contributed by atoms with Gasteiger partial charge in [-0.3, -0.25) is 9.36 Å². The molecule has 0 radical (unpaired) electrons. The number of aromatic nitrogens is 3. The van der Waals surface area contributed by atoms with Gasteiger partial charge in [0.1, 0.15) is 18.2 Å². The van der Waals surface area contributed by atoms with Crippen LogP contribution < -0.4 is 10.1 Å². The SMILES string of the molecule is CC(Sc1nnc(COc2ccccc2Cl)n1C1CC1)C(=O)NCc1ccc(F)cc1. The summed E-state index contributed by atoms with van der Waals surface area (Å²) < 4.78 is 20.9. The first kappa shape index (κ1) is 21.6. The van der Waals surface area contributed by atoms with E-state index in [1.807, 2.05) is 25.1 Å². The van der Waals surface area contributed by atoms with Crippen molar-refractivity contribution < 1.29 is 13.9 Å². The van der Waals surface area contributed by atoms with Gasteiger partial charge in [0.15, 0.2) is 11.0 Å². The van der Waals surface area contributed by atoms with E-state index in [2.05, 4.69) is 20.1 Å². The zero-order valence-electron chi connectivity index (χ0n) is 16.9. The van der Waals surface area contributed by atoms with Crippen LogP contribution in [0.2, 0.25) is 5.02 Å². The number of ether oxygens (including phenoxy) is 1. The van der Waals surface area contributed by atoms with Gasteiger partial charge in [-0.15, -0.1) is 10.2 Å². The Morgan fingerprint density at radius 1 is 1.26 bits per heavy atom. The molecular weight excluding hydrogens is 439 g/mol. The number of nitrogens with one attached hydrogen (secondary N) is 1. The normalized spacial score (nSPS) is 14.3. The number of halogens is 2. The molecule has 1 amide bonds. The fourth-order valence-electron chi connectivity index (χ4n) is 3.04. The van der Waals surface area contributed by atoms with Gasteiger partial charge in [0.2, 0.25) is 5.91 Å². The van der Waals surface area contributed by atoms with Gasteiger partial charge < -0.3 is 10.1 Å². The summed E-state index contributed by atoms with van der Waals surface area (Å²) in [7, 11) is 0. The van der Waals surface area contributed by atoms with Gasteiger partial charge in [-0.05, 0) is 49.6 Å². The number of hydrogen-bond acceptors (Lipinski definition) is 5. The molecule has 3 aromatic rings. The number of benzene rings is 2. The van der Waals surface area contributed by atoms with E-state index in [0.29, 0.717) is 34.3 Å². The summed E-state index contributed by atoms with van der Waals surface area (Å²) in [6, 6.07) is 13.7. The summed E-state index contributed by atoms with van der Waals surface area (Å²) in [6.45, 7) is 2.42. The van der Waals surface area contributed by atoms with Crippen molar-refractivity contribution in [3.8, 4) is 5.75 Å². The third kappa shape index (κ3) is 5.57. The second kappa shape index (κ2) is 9.70. The van der Waals surface area contributed by atoms with Crippen molar-refractivity contribution in [2.24, 2.45) is 0 Å². The standard InChI is InChI=1S/C22H22ClFN4O2S/c1-14(21(29)25-12-15-6-8-16(24)9-7-15)31-22-27-26-20(28(22)17-10-11-17)13-30-19-5-3-2-4-18(19)23/h2-9,14,17H,10-13H2,1H3,(H,25,29). The van der Waals surface area contributed by atoms with E-state index in [1.54, 1.807) is 18.2 Å². The van der Waals surface area contributed by atoms with Crippen molar-refractivity contribution >= 4 is 29.3 Å². The van der Waals surface area contributed by atoms with Crippen molar-refractivity contribution in [2.75, 3.05) is 0 Å². The Labute approximate surface area is 189 Å². The predicted molar refractivity (Wildman–Crippen MR) is 118 cm³/mol. The number of thioether (sulfide) groups is 1. The van der Waals surface area contributed by atoms with Crippen LogP contribution in [0.5, 0.6) is 5.75 Å². The van der Waals surface area contributed by atoms with E-state index in [4.69, 9.17) is 16.3 Å². The lowest BCUT2D eigenvalue weighted by Gasteiger charge is -2.14. The zero-order chi connectivity index (χ0) is 21.8. The molecule has 2 aromatic carbocycles. The second-order valence-electron chi connectivity index (χ2n) is 7.32. The van der Waals surface area contributed by atoms with E-state index in [1.165, 1.54) is 23.9 Å². The number of carbonyl (C=O) groups excluding carboxylic acids is 1. The van der Waals surface area contributed by atoms with Gasteiger partial charge in [-0.2, -0.15) is 0 Å². The lowest BCUT2D eigenvalue weighted by Crippen LogP contribution is -2.30. The molecule has 162 valence electrons. The van der Waals surface area contributed by atoms with E-state index in [0.717, 1.165) is 18.4 Å². The zero-order valence-corrected chi connectivity index (χ0v) is 18.5. The van der Waals surface area contributed by atoms with Crippen molar-refractivity contribution in [1.29, 1.82) is 0 Å². The highest BCUT2D eigenvalue weighted by atomic mass is 35.5. The van der Waals surface area contributed by atoms with Gasteiger partial charge in [-0.1, -0.05) is 47.6 Å². The Morgan fingerprint density at radius 2 is 2.00 bits per heavy atom. The Balaban J connectivity index is 1.38. The van der Waals surface area contributed by atoms with Crippen molar-refractivity contribution in [3.63, 3.8) is 0 Å². The van der Waals surface area contributed by atoms with Gasteiger partial charge in [0, 0.05) is 12.6 Å². The first-order valence-corrected chi connectivity index (χ1v) is 11.3. The molecule has 0 bridgehead atoms. The van der Waals surface area contributed by atoms with E-state index >= 15 is 0 Å². The number of nitrogens with zero attached hydrogens (tertiary/aromatic N) is 3. The quantitative estimate of drug-likeness (QED) is 0.465. The fourth-order valence-corrected chi connectivity index (χ4v) is 4.19. The highest BCUT2D eigenvalue weighted by Crippen LogP contribution is 2.39. The molecule has 1 N–H and O–H groups in total. The summed E-state index contributed by atoms with van der Waals surface area (Å²) in [5, 5.41) is 12.4. The third-order valence-corrected chi connectivity index (χ3v) is 6.24. The average Bonchev–Trinajstić information content (AvgIpc) is 3.53. The molecule has 1 aromatic heterocycles. The minimum Gasteiger partial charge on any atom is -0.484 e. The highest BCUT2D eigenvalue weighted by molar-refractivity contribution is 8.00. The summed E-state index contributed by atoms with van der Waals surface area (Å²) in [5.41, 5.74) is 0.840. The van der Waals surface area contributed by atoms with E-state index in [-0.39, 0.29) is 23.6 Å². The van der Waals surface area contributed by atoms with Crippen LogP contribution in [0.4, 0.5) is 4.39 Å². The molecule has 1 aliphatic carbocycles. The third-order valence-electron chi connectivity index (χ3n) is 4.87. The van der Waals surface area contributed by atoms with Gasteiger partial charge in [-0.25, -0.2) is 4.39 Å². The summed E-state index contributed by atoms with van der Waals surface area (Å²) in [5.74, 6) is 0.891. The van der Waals surface area contributed by atoms with Gasteiger partial charge in [0.25, 0.3) is 0 Å². The number of para-hydroxylation sites is 1. The van der Waals surface area contributed by atoms with E-state index < -0.39 is 0 Å². The molecule has 1 fully saturated rings. The summed E-state index contributed by atoms with van der Waals surface area (Å²) >= 11 is 7.53. The molecular formula is C22H22ClFN4O2S. The second-order valence-corrected chi connectivity index (χ2v) is 9.04. The first-order chi connectivity index (χ1) is 15.0. The predicted octanol–water partition coefficient (Wildman–Crippen LogP) is 4.78. The highest BCUT2D eigenvalue weighted by Gasteiger charge is 2.31. The van der Waals surface area contributed by atoms with Crippen molar-refractivity contribution in [2.45, 2.75) is 49.4 Å². The van der Waals surface area contributed by atoms with Crippen LogP contribution in [0.3, 0.4) is 0 Å². The number of hydrogen-bond donors (Lipinski definition) is 1. The molecule has 1 saturated carbocycles. The Hall–Kier alpha value is -2.58. The molecule has 1 atom stereocenters. The average molecular weight is 461 g/mol. The molecule has 31 heavy (non-hydrogen) atoms. The molecule has 1 heterocycles. The van der Waals surface area contributed by atoms with Crippen molar-refractivity contribution in [3.05, 3.63) is 70.8 Å². The Kier molecular flexibility index (Phi) is 6.77. The minimum atomic E-state index is -0.362. The fraction of sp³-hybridized carbons (Fsp3) is 0.318. The maximum Gasteiger partial charge on any atom is 0.233 e. The Morgan fingerprint density at radius 3 is 2.71 bits per heavy atom. The monoisotopic (exact) mass is 460 g/mol. The van der Waals surface area contributed by atoms with Crippen LogP contribution >= 0.6 is 23.4 Å². The van der Waals surface area contributed by atoms with Crippen LogP contribution in [0, 0.1) is 5.82 Å². The van der Waals surface area contributed by atoms with Crippen LogP contribution in [-0.2, 0) is 17.9 Å². The number of carbonyl (C=O) groups is 1. The number of rotatable bonds is 9. The maximum atomic E-state index is 13.0. The van der Waals surface area contributed by atoms with Crippen LogP contribution in [0.25, 0.3) is 0 Å². The van der Waals surface area contributed by atoms with E-state index in [9.17, 15) is 9.18 Å². The first-order valence-electron chi connectivity index (χ1n) is 10.0. The van der Waals surface area contributed by atoms with Crippen LogP contribution in [0.15, 0.2) is 53.7 Å². The van der Waals surface area contributed by atoms with Crippen molar-refractivity contribution in [1.82, 2.24) is 20.1 Å². The topological polar surface area (TPSA) is 69.0 Å². The largest absolute Gasteiger partial charge is 0.484 e. The minimum absolute atomic E-state index is 0.117. The van der Waals surface area contributed by atoms with Gasteiger partial charge >= 0.3 is 0 Å². The Bertz CT molecular complexity index is 1060. The summed E-state index contributed by atoms with van der Waals surface area (Å²) in [4.78, 5) is 12.5. The molecule has 6 nitrogen and oxygen atoms in total.